The summed E-state index contributed by atoms with van der Waals surface area (Å²) in [5, 5.41) is 32.8. The second-order valence-electron chi connectivity index (χ2n) is 6.76. The molecule has 0 saturated heterocycles. The fourth-order valence-electron chi connectivity index (χ4n) is 2.82. The van der Waals surface area contributed by atoms with Crippen LogP contribution in [-0.2, 0) is 11.2 Å². The Morgan fingerprint density at radius 2 is 1.83 bits per heavy atom. The maximum atomic E-state index is 11.1. The van der Waals surface area contributed by atoms with Gasteiger partial charge in [-0.3, -0.25) is 0 Å². The number of aliphatic carboxylic acids is 1. The molecule has 0 amide bonds. The molecule has 6 nitrogen and oxygen atoms in total. The van der Waals surface area contributed by atoms with E-state index < -0.39 is 18.2 Å². The van der Waals surface area contributed by atoms with Crippen LogP contribution in [0.2, 0.25) is 10.0 Å². The molecule has 2 aromatic carbocycles. The van der Waals surface area contributed by atoms with E-state index in [-0.39, 0.29) is 17.5 Å². The first-order chi connectivity index (χ1) is 13.7. The first-order valence-electron chi connectivity index (χ1n) is 9.30. The average Bonchev–Trinajstić information content (AvgIpc) is 2.68. The number of halogens is 2. The Morgan fingerprint density at radius 1 is 1.17 bits per heavy atom. The molecule has 8 heteroatoms. The molecule has 4 N–H and O–H groups in total. The van der Waals surface area contributed by atoms with Gasteiger partial charge in [0.15, 0.2) is 6.10 Å². The summed E-state index contributed by atoms with van der Waals surface area (Å²) in [4.78, 5) is 11.1. The third-order valence-electron chi connectivity index (χ3n) is 4.59. The zero-order valence-electron chi connectivity index (χ0n) is 16.2. The lowest BCUT2D eigenvalue weighted by atomic mass is 10.0. The van der Waals surface area contributed by atoms with E-state index in [1.807, 2.05) is 6.92 Å². The molecular formula is C21H25Cl2NO5. The van der Waals surface area contributed by atoms with Crippen LogP contribution in [0.5, 0.6) is 11.5 Å². The highest BCUT2D eigenvalue weighted by Crippen LogP contribution is 2.32. The van der Waals surface area contributed by atoms with Gasteiger partial charge in [-0.1, -0.05) is 42.3 Å². The largest absolute Gasteiger partial charge is 0.508 e. The number of aliphatic hydroxyl groups is 1. The van der Waals surface area contributed by atoms with Crippen molar-refractivity contribution in [2.24, 2.45) is 0 Å². The summed E-state index contributed by atoms with van der Waals surface area (Å²) in [5.41, 5.74) is 1.49. The maximum absolute atomic E-state index is 11.1. The molecule has 2 aromatic rings. The lowest BCUT2D eigenvalue weighted by molar-refractivity contribution is -0.145. The van der Waals surface area contributed by atoms with Crippen LogP contribution in [0.15, 0.2) is 36.4 Å². The number of phenolic OH excluding ortho intramolecular Hbond substituents is 1. The highest BCUT2D eigenvalue weighted by molar-refractivity contribution is 6.34. The smallest absolute Gasteiger partial charge is 0.344 e. The number of carboxylic acid groups (broad SMARTS) is 1. The Kier molecular flexibility index (Phi) is 8.59. The van der Waals surface area contributed by atoms with Crippen molar-refractivity contribution in [3.8, 4) is 11.5 Å². The van der Waals surface area contributed by atoms with Gasteiger partial charge in [0.05, 0.1) is 11.1 Å². The quantitative estimate of drug-likeness (QED) is 0.440. The second-order valence-corrected chi connectivity index (χ2v) is 7.57. The Morgan fingerprint density at radius 3 is 2.41 bits per heavy atom. The summed E-state index contributed by atoms with van der Waals surface area (Å²) in [6.45, 7) is 4.11. The Hall–Kier alpha value is -1.99. The van der Waals surface area contributed by atoms with Crippen molar-refractivity contribution in [1.82, 2.24) is 5.32 Å². The minimum atomic E-state index is -1.06. The van der Waals surface area contributed by atoms with E-state index >= 15 is 0 Å². The van der Waals surface area contributed by atoms with Gasteiger partial charge in [0.25, 0.3) is 0 Å². The number of benzene rings is 2. The molecule has 158 valence electrons. The summed E-state index contributed by atoms with van der Waals surface area (Å²) in [6, 6.07) is 9.38. The van der Waals surface area contributed by atoms with Crippen molar-refractivity contribution in [3.63, 3.8) is 0 Å². The van der Waals surface area contributed by atoms with Crippen LogP contribution in [0.25, 0.3) is 0 Å². The van der Waals surface area contributed by atoms with Gasteiger partial charge in [-0.05, 0) is 55.6 Å². The predicted molar refractivity (Wildman–Crippen MR) is 113 cm³/mol. The van der Waals surface area contributed by atoms with Crippen molar-refractivity contribution < 1.29 is 24.9 Å². The van der Waals surface area contributed by atoms with Crippen LogP contribution in [0.1, 0.15) is 37.5 Å². The zero-order chi connectivity index (χ0) is 21.6. The number of carboxylic acids is 1. The third kappa shape index (κ3) is 6.51. The van der Waals surface area contributed by atoms with Crippen LogP contribution < -0.4 is 10.1 Å². The molecule has 0 aliphatic rings. The van der Waals surface area contributed by atoms with E-state index in [1.165, 1.54) is 18.2 Å². The predicted octanol–water partition coefficient (Wildman–Crippen LogP) is 4.20. The van der Waals surface area contributed by atoms with Crippen LogP contribution in [-0.4, -0.2) is 40.0 Å². The van der Waals surface area contributed by atoms with Crippen LogP contribution in [0.3, 0.4) is 0 Å². The molecule has 0 aromatic heterocycles. The minimum absolute atomic E-state index is 0.147. The number of aromatic hydroxyl groups is 1. The fraction of sp³-hybridized carbons (Fsp3) is 0.381. The van der Waals surface area contributed by atoms with Crippen molar-refractivity contribution >= 4 is 29.2 Å². The third-order valence-corrected chi connectivity index (χ3v) is 5.23. The number of hydrogen-bond donors (Lipinski definition) is 4. The van der Waals surface area contributed by atoms with Crippen molar-refractivity contribution in [2.45, 2.75) is 44.9 Å². The maximum Gasteiger partial charge on any atom is 0.344 e. The molecule has 29 heavy (non-hydrogen) atoms. The number of ether oxygens (including phenoxy) is 1. The van der Waals surface area contributed by atoms with Gasteiger partial charge in [0.2, 0.25) is 0 Å². The summed E-state index contributed by atoms with van der Waals surface area (Å²) in [5.74, 6) is -0.679. The van der Waals surface area contributed by atoms with Crippen LogP contribution in [0.4, 0.5) is 0 Å². The molecule has 0 aliphatic carbocycles. The van der Waals surface area contributed by atoms with Crippen molar-refractivity contribution in [2.75, 3.05) is 6.54 Å². The minimum Gasteiger partial charge on any atom is -0.508 e. The molecule has 0 saturated carbocycles. The molecule has 0 aliphatic heterocycles. The van der Waals surface area contributed by atoms with Gasteiger partial charge in [0, 0.05) is 17.1 Å². The molecule has 0 bridgehead atoms. The number of nitrogens with one attached hydrogen (secondary N) is 1. The monoisotopic (exact) mass is 441 g/mol. The van der Waals surface area contributed by atoms with Gasteiger partial charge in [-0.2, -0.15) is 0 Å². The second kappa shape index (κ2) is 10.7. The first kappa shape index (κ1) is 23.3. The standard InChI is InChI=1S/C21H25Cl2NO5/c1-3-18(21(27)28)29-19-11-16(22)14(10-17(19)23)8-9-24-12(2)20(26)13-4-6-15(25)7-5-13/h4-7,10-12,18,20,24-26H,3,8-9H2,1-2H3,(H,27,28)/t12-,18?,20?/m0/s1. The van der Waals surface area contributed by atoms with E-state index in [9.17, 15) is 15.0 Å². The lowest BCUT2D eigenvalue weighted by Crippen LogP contribution is -2.33. The molecule has 3 atom stereocenters. The molecular weight excluding hydrogens is 417 g/mol. The topological polar surface area (TPSA) is 99.0 Å². The van der Waals surface area contributed by atoms with E-state index in [1.54, 1.807) is 25.1 Å². The summed E-state index contributed by atoms with van der Waals surface area (Å²) >= 11 is 12.5. The number of hydrogen-bond acceptors (Lipinski definition) is 5. The number of carbonyl (C=O) groups is 1. The van der Waals surface area contributed by atoms with Crippen molar-refractivity contribution in [1.29, 1.82) is 0 Å². The summed E-state index contributed by atoms with van der Waals surface area (Å²) in [6.07, 6.45) is -0.858. The summed E-state index contributed by atoms with van der Waals surface area (Å²) < 4.78 is 5.44. The summed E-state index contributed by atoms with van der Waals surface area (Å²) in [7, 11) is 0. The fourth-order valence-corrected chi connectivity index (χ4v) is 3.30. The van der Waals surface area contributed by atoms with Gasteiger partial charge < -0.3 is 25.4 Å². The van der Waals surface area contributed by atoms with Crippen LogP contribution in [0, 0.1) is 0 Å². The molecule has 0 heterocycles. The molecule has 0 fully saturated rings. The molecule has 2 rings (SSSR count). The molecule has 2 unspecified atom stereocenters. The van der Waals surface area contributed by atoms with Gasteiger partial charge >= 0.3 is 5.97 Å². The lowest BCUT2D eigenvalue weighted by Gasteiger charge is -2.21. The van der Waals surface area contributed by atoms with E-state index in [2.05, 4.69) is 5.32 Å². The van der Waals surface area contributed by atoms with E-state index in [0.29, 0.717) is 35.0 Å². The van der Waals surface area contributed by atoms with Crippen molar-refractivity contribution in [3.05, 3.63) is 57.6 Å². The highest BCUT2D eigenvalue weighted by atomic mass is 35.5. The normalized spacial score (nSPS) is 14.2. The highest BCUT2D eigenvalue weighted by Gasteiger charge is 2.20. The number of aliphatic hydroxyl groups excluding tert-OH is 1. The molecule has 0 radical (unpaired) electrons. The SMILES string of the molecule is CCC(Oc1cc(Cl)c(CCN[C@@H](C)C(O)c2ccc(O)cc2)cc1Cl)C(=O)O. The van der Waals surface area contributed by atoms with Gasteiger partial charge in [-0.25, -0.2) is 4.79 Å². The van der Waals surface area contributed by atoms with E-state index in [4.69, 9.17) is 33.0 Å². The Bertz CT molecular complexity index is 829. The van der Waals surface area contributed by atoms with Gasteiger partial charge in [0.1, 0.15) is 11.5 Å². The molecule has 0 spiro atoms. The van der Waals surface area contributed by atoms with E-state index in [0.717, 1.165) is 5.56 Å². The zero-order valence-corrected chi connectivity index (χ0v) is 17.7. The Balaban J connectivity index is 1.95. The Labute approximate surface area is 180 Å². The average molecular weight is 442 g/mol. The number of rotatable bonds is 10. The first-order valence-corrected chi connectivity index (χ1v) is 10.1. The van der Waals surface area contributed by atoms with Crippen LogP contribution >= 0.6 is 23.2 Å². The number of phenols is 1. The van der Waals surface area contributed by atoms with Gasteiger partial charge in [-0.15, -0.1) is 0 Å².